The highest BCUT2D eigenvalue weighted by Gasteiger charge is 2.37. The van der Waals surface area contributed by atoms with Crippen LogP contribution in [0.25, 0.3) is 11.6 Å². The number of benzene rings is 2. The highest BCUT2D eigenvalue weighted by Crippen LogP contribution is 2.47. The van der Waals surface area contributed by atoms with E-state index in [1.165, 1.54) is 40.7 Å². The van der Waals surface area contributed by atoms with E-state index in [4.69, 9.17) is 4.74 Å². The fourth-order valence-electron chi connectivity index (χ4n) is 4.96. The largest absolute Gasteiger partial charge is 0.462 e. The van der Waals surface area contributed by atoms with Crippen LogP contribution in [0.5, 0.6) is 0 Å². The molecule has 0 spiro atoms. The van der Waals surface area contributed by atoms with Crippen molar-refractivity contribution in [3.63, 3.8) is 0 Å². The van der Waals surface area contributed by atoms with E-state index < -0.39 is 0 Å². The van der Waals surface area contributed by atoms with Crippen molar-refractivity contribution in [2.24, 2.45) is 5.92 Å². The second-order valence-electron chi connectivity index (χ2n) is 11.5. The smallest absolute Gasteiger partial charge is 0.338 e. The molecule has 1 aliphatic rings. The van der Waals surface area contributed by atoms with Gasteiger partial charge < -0.3 is 4.74 Å². The molecule has 178 valence electrons. The maximum atomic E-state index is 12.1. The Labute approximate surface area is 201 Å². The zero-order valence-electron chi connectivity index (χ0n) is 22.0. The zero-order valence-corrected chi connectivity index (χ0v) is 22.0. The second kappa shape index (κ2) is 9.87. The summed E-state index contributed by atoms with van der Waals surface area (Å²) in [6.07, 6.45) is 6.60. The molecule has 0 aromatic heterocycles. The molecule has 0 unspecified atom stereocenters. The van der Waals surface area contributed by atoms with E-state index in [1.54, 1.807) is 0 Å². The van der Waals surface area contributed by atoms with Crippen molar-refractivity contribution in [3.05, 3.63) is 69.8 Å². The van der Waals surface area contributed by atoms with Crippen LogP contribution in [-0.4, -0.2) is 12.6 Å². The predicted molar refractivity (Wildman–Crippen MR) is 141 cm³/mol. The van der Waals surface area contributed by atoms with Crippen molar-refractivity contribution in [3.8, 4) is 0 Å². The van der Waals surface area contributed by atoms with Gasteiger partial charge in [0.1, 0.15) is 0 Å². The van der Waals surface area contributed by atoms with E-state index in [0.29, 0.717) is 18.1 Å². The van der Waals surface area contributed by atoms with Crippen molar-refractivity contribution in [1.29, 1.82) is 0 Å². The molecule has 0 amide bonds. The maximum Gasteiger partial charge on any atom is 0.338 e. The molecule has 0 aliphatic heterocycles. The molecule has 1 aliphatic carbocycles. The Morgan fingerprint density at radius 2 is 1.58 bits per heavy atom. The lowest BCUT2D eigenvalue weighted by atomic mass is 9.62. The van der Waals surface area contributed by atoms with Gasteiger partial charge >= 0.3 is 5.97 Å². The third kappa shape index (κ3) is 5.78. The zero-order chi connectivity index (χ0) is 24.4. The van der Waals surface area contributed by atoms with E-state index in [0.717, 1.165) is 18.4 Å². The summed E-state index contributed by atoms with van der Waals surface area (Å²) in [5.74, 6) is 0.352. The number of carbonyl (C=O) groups excluding carboxylic acids is 1. The number of allylic oxidation sites excluding steroid dienone is 1. The summed E-state index contributed by atoms with van der Waals surface area (Å²) in [7, 11) is 0. The molecule has 0 saturated heterocycles. The molecule has 0 radical (unpaired) electrons. The summed E-state index contributed by atoms with van der Waals surface area (Å²) >= 11 is 0. The lowest BCUT2D eigenvalue weighted by molar-refractivity contribution is 0.0505. The third-order valence-electron chi connectivity index (χ3n) is 7.10. The van der Waals surface area contributed by atoms with Crippen LogP contribution >= 0.6 is 0 Å². The van der Waals surface area contributed by atoms with Crippen molar-refractivity contribution < 1.29 is 9.53 Å². The van der Waals surface area contributed by atoms with Crippen LogP contribution in [0.2, 0.25) is 0 Å². The number of esters is 1. The van der Waals surface area contributed by atoms with E-state index in [1.807, 2.05) is 31.2 Å². The van der Waals surface area contributed by atoms with Gasteiger partial charge in [-0.1, -0.05) is 78.8 Å². The molecule has 2 heteroatoms. The Balaban J connectivity index is 2.02. The summed E-state index contributed by atoms with van der Waals surface area (Å²) in [4.78, 5) is 12.1. The van der Waals surface area contributed by atoms with Gasteiger partial charge in [0.15, 0.2) is 0 Å². The average molecular weight is 447 g/mol. The number of ether oxygens (including phenoxy) is 1. The van der Waals surface area contributed by atoms with Crippen molar-refractivity contribution in [1.82, 2.24) is 0 Å². The molecule has 2 aromatic rings. The molecule has 0 atom stereocenters. The van der Waals surface area contributed by atoms with Crippen LogP contribution in [0.15, 0.2) is 36.4 Å². The maximum absolute atomic E-state index is 12.1. The SMILES string of the molecule is CCCOC(=O)c1ccc(/C=C(\C)c2cc3c(cc2CC(C)C)C(C)(C)CCC3(C)C)cc1. The molecular formula is C31H42O2. The second-order valence-corrected chi connectivity index (χ2v) is 11.5. The number of hydrogen-bond acceptors (Lipinski definition) is 2. The first-order valence-corrected chi connectivity index (χ1v) is 12.6. The van der Waals surface area contributed by atoms with E-state index in [-0.39, 0.29) is 16.8 Å². The number of hydrogen-bond donors (Lipinski definition) is 0. The highest BCUT2D eigenvalue weighted by molar-refractivity contribution is 5.90. The predicted octanol–water partition coefficient (Wildman–Crippen LogP) is 8.36. The van der Waals surface area contributed by atoms with Crippen molar-refractivity contribution >= 4 is 17.6 Å². The minimum atomic E-state index is -0.247. The van der Waals surface area contributed by atoms with Crippen LogP contribution in [0, 0.1) is 5.92 Å². The Morgan fingerprint density at radius 3 is 2.12 bits per heavy atom. The quantitative estimate of drug-likeness (QED) is 0.315. The lowest BCUT2D eigenvalue weighted by Crippen LogP contribution is -2.34. The van der Waals surface area contributed by atoms with Crippen LogP contribution in [0.1, 0.15) is 113 Å². The monoisotopic (exact) mass is 446 g/mol. The Kier molecular flexibility index (Phi) is 7.56. The van der Waals surface area contributed by atoms with Crippen molar-refractivity contribution in [2.75, 3.05) is 6.61 Å². The van der Waals surface area contributed by atoms with E-state index >= 15 is 0 Å². The van der Waals surface area contributed by atoms with Gasteiger partial charge in [0.2, 0.25) is 0 Å². The molecule has 3 rings (SSSR count). The first-order chi connectivity index (χ1) is 15.4. The first-order valence-electron chi connectivity index (χ1n) is 12.6. The Hall–Kier alpha value is -2.35. The molecule has 0 fully saturated rings. The van der Waals surface area contributed by atoms with Gasteiger partial charge in [-0.15, -0.1) is 0 Å². The fourth-order valence-corrected chi connectivity index (χ4v) is 4.96. The first kappa shape index (κ1) is 25.3. The van der Waals surface area contributed by atoms with Gasteiger partial charge in [0.25, 0.3) is 0 Å². The van der Waals surface area contributed by atoms with Gasteiger partial charge in [0, 0.05) is 0 Å². The minimum Gasteiger partial charge on any atom is -0.462 e. The van der Waals surface area contributed by atoms with Crippen LogP contribution in [-0.2, 0) is 22.0 Å². The molecule has 0 N–H and O–H groups in total. The Bertz CT molecular complexity index is 1020. The molecule has 33 heavy (non-hydrogen) atoms. The highest BCUT2D eigenvalue weighted by atomic mass is 16.5. The van der Waals surface area contributed by atoms with Gasteiger partial charge in [0.05, 0.1) is 12.2 Å². The molecular weight excluding hydrogens is 404 g/mol. The van der Waals surface area contributed by atoms with Gasteiger partial charge in [-0.3, -0.25) is 0 Å². The molecule has 0 bridgehead atoms. The van der Waals surface area contributed by atoms with E-state index in [2.05, 4.69) is 66.7 Å². The Morgan fingerprint density at radius 1 is 1.00 bits per heavy atom. The van der Waals surface area contributed by atoms with E-state index in [9.17, 15) is 4.79 Å². The summed E-state index contributed by atoms with van der Waals surface area (Å²) in [6.45, 7) is 18.9. The molecule has 0 heterocycles. The van der Waals surface area contributed by atoms with Gasteiger partial charge in [-0.05, 0) is 94.9 Å². The van der Waals surface area contributed by atoms with Gasteiger partial charge in [-0.25, -0.2) is 4.79 Å². The van der Waals surface area contributed by atoms with Crippen LogP contribution in [0.4, 0.5) is 0 Å². The summed E-state index contributed by atoms with van der Waals surface area (Å²) in [5.41, 5.74) is 9.23. The summed E-state index contributed by atoms with van der Waals surface area (Å²) in [5, 5.41) is 0. The number of fused-ring (bicyclic) bond motifs is 1. The van der Waals surface area contributed by atoms with Crippen LogP contribution < -0.4 is 0 Å². The standard InChI is InChI=1S/C31H42O2/c1-9-16-33-29(32)24-12-10-23(11-13-24)18-22(4)26-20-28-27(19-25(26)17-21(2)3)30(5,6)14-15-31(28,7)8/h10-13,18-21H,9,14-17H2,1-8H3/b22-18+. The number of rotatable bonds is 7. The minimum absolute atomic E-state index is 0.191. The van der Waals surface area contributed by atoms with Gasteiger partial charge in [-0.2, -0.15) is 0 Å². The van der Waals surface area contributed by atoms with Crippen molar-refractivity contribution in [2.45, 2.75) is 91.9 Å². The molecule has 2 aromatic carbocycles. The number of carbonyl (C=O) groups is 1. The topological polar surface area (TPSA) is 26.3 Å². The molecule has 0 saturated carbocycles. The molecule has 2 nitrogen and oxygen atoms in total. The summed E-state index contributed by atoms with van der Waals surface area (Å²) < 4.78 is 5.25. The average Bonchev–Trinajstić information content (AvgIpc) is 2.75. The normalized spacial score (nSPS) is 17.1. The lowest BCUT2D eigenvalue weighted by Gasteiger charge is -2.42. The summed E-state index contributed by atoms with van der Waals surface area (Å²) in [6, 6.07) is 12.8. The fraction of sp³-hybridized carbons (Fsp3) is 0.516. The van der Waals surface area contributed by atoms with Crippen LogP contribution in [0.3, 0.4) is 0 Å². The third-order valence-corrected chi connectivity index (χ3v) is 7.10.